The highest BCUT2D eigenvalue weighted by molar-refractivity contribution is 7.89. The lowest BCUT2D eigenvalue weighted by Gasteiger charge is -2.11. The van der Waals surface area contributed by atoms with Crippen molar-refractivity contribution in [3.8, 4) is 11.3 Å². The van der Waals surface area contributed by atoms with Crippen LogP contribution >= 0.6 is 0 Å². The molecule has 3 N–H and O–H groups in total. The van der Waals surface area contributed by atoms with E-state index in [0.717, 1.165) is 22.2 Å². The fourth-order valence-electron chi connectivity index (χ4n) is 4.56. The number of sulfonamides is 1. The zero-order chi connectivity index (χ0) is 30.5. The van der Waals surface area contributed by atoms with Crippen molar-refractivity contribution < 1.29 is 13.2 Å². The Labute approximate surface area is 253 Å². The minimum atomic E-state index is -3.76. The average molecular weight is 606 g/mol. The normalized spacial score (nSPS) is 11.4. The number of aromatic nitrogens is 6. The molecule has 0 radical (unpaired) electrons. The Morgan fingerprint density at radius 2 is 1.82 bits per heavy atom. The Hall–Kier alpha value is -5.53. The molecule has 3 heterocycles. The molecule has 0 fully saturated rings. The van der Waals surface area contributed by atoms with Gasteiger partial charge in [-0.3, -0.25) is 14.5 Å². The Morgan fingerprint density at radius 3 is 2.68 bits per heavy atom. The van der Waals surface area contributed by atoms with Crippen LogP contribution in [0, 0.1) is 6.92 Å². The number of carbonyl (C=O) groups is 1. The molecule has 13 heteroatoms. The van der Waals surface area contributed by atoms with Crippen molar-refractivity contribution in [3.63, 3.8) is 0 Å². The van der Waals surface area contributed by atoms with Crippen LogP contribution in [-0.4, -0.2) is 50.8 Å². The molecule has 3 aromatic carbocycles. The summed E-state index contributed by atoms with van der Waals surface area (Å²) >= 11 is 0. The molecule has 0 unspecified atom stereocenters. The first-order valence-corrected chi connectivity index (χ1v) is 15.1. The molecule has 6 aromatic rings. The number of fused-ring (bicyclic) bond motifs is 1. The van der Waals surface area contributed by atoms with Crippen molar-refractivity contribution >= 4 is 44.0 Å². The van der Waals surface area contributed by atoms with Gasteiger partial charge in [-0.15, -0.1) is 5.10 Å². The molecule has 0 atom stereocenters. The molecule has 0 aliphatic rings. The number of rotatable bonds is 10. The summed E-state index contributed by atoms with van der Waals surface area (Å²) in [5.41, 5.74) is 3.85. The Balaban J connectivity index is 1.08. The quantitative estimate of drug-likeness (QED) is 0.204. The Morgan fingerprint density at radius 1 is 0.955 bits per heavy atom. The van der Waals surface area contributed by atoms with Gasteiger partial charge >= 0.3 is 0 Å². The molecular formula is C31H27N9O3S. The standard InChI is InChI=1S/C31H27N9O3S/c1-21-11-12-24(18-27(21)37-31-33-15-13-26(36-31)23-8-5-14-32-19-23)35-30(41)28-20-40(39-38-28)17-16-34-44(42,43)29-10-4-7-22-6-2-3-9-25(22)29/h2-15,18-20,34H,16-17H2,1H3,(H,35,41)(H,33,36,37). The Bertz CT molecular complexity index is 2060. The summed E-state index contributed by atoms with van der Waals surface area (Å²) in [6, 6.07) is 23.4. The molecule has 220 valence electrons. The van der Waals surface area contributed by atoms with Crippen LogP contribution in [0.2, 0.25) is 0 Å². The van der Waals surface area contributed by atoms with E-state index >= 15 is 0 Å². The van der Waals surface area contributed by atoms with Gasteiger partial charge in [-0.25, -0.2) is 23.1 Å². The molecule has 44 heavy (non-hydrogen) atoms. The number of nitrogens with zero attached hydrogens (tertiary/aromatic N) is 6. The van der Waals surface area contributed by atoms with Gasteiger partial charge in [0.2, 0.25) is 16.0 Å². The van der Waals surface area contributed by atoms with Crippen LogP contribution in [0.5, 0.6) is 0 Å². The first kappa shape index (κ1) is 28.6. The van der Waals surface area contributed by atoms with E-state index in [1.807, 2.05) is 43.3 Å². The largest absolute Gasteiger partial charge is 0.324 e. The molecule has 0 spiro atoms. The number of nitrogens with one attached hydrogen (secondary N) is 3. The monoisotopic (exact) mass is 605 g/mol. The smallest absolute Gasteiger partial charge is 0.277 e. The van der Waals surface area contributed by atoms with Crippen molar-refractivity contribution in [2.24, 2.45) is 0 Å². The second-order valence-electron chi connectivity index (χ2n) is 9.86. The van der Waals surface area contributed by atoms with Crippen LogP contribution in [0.1, 0.15) is 16.1 Å². The van der Waals surface area contributed by atoms with Crippen LogP contribution in [-0.2, 0) is 16.6 Å². The zero-order valence-electron chi connectivity index (χ0n) is 23.5. The van der Waals surface area contributed by atoms with Gasteiger partial charge in [0.25, 0.3) is 5.91 Å². The van der Waals surface area contributed by atoms with Gasteiger partial charge in [0, 0.05) is 47.5 Å². The summed E-state index contributed by atoms with van der Waals surface area (Å²) < 4.78 is 29.9. The van der Waals surface area contributed by atoms with Crippen LogP contribution in [0.4, 0.5) is 17.3 Å². The van der Waals surface area contributed by atoms with E-state index in [-0.39, 0.29) is 23.7 Å². The molecule has 12 nitrogen and oxygen atoms in total. The average Bonchev–Trinajstić information content (AvgIpc) is 3.52. The van der Waals surface area contributed by atoms with Crippen molar-refractivity contribution in [1.29, 1.82) is 0 Å². The molecule has 0 aliphatic heterocycles. The molecule has 0 aliphatic carbocycles. The highest BCUT2D eigenvalue weighted by atomic mass is 32.2. The molecule has 1 amide bonds. The summed E-state index contributed by atoms with van der Waals surface area (Å²) in [5.74, 6) is -0.0610. The molecule has 3 aromatic heterocycles. The fraction of sp³-hybridized carbons (Fsp3) is 0.0968. The van der Waals surface area contributed by atoms with Crippen LogP contribution < -0.4 is 15.4 Å². The third kappa shape index (κ3) is 6.43. The van der Waals surface area contributed by atoms with E-state index in [1.165, 1.54) is 10.9 Å². The number of pyridine rings is 1. The van der Waals surface area contributed by atoms with Gasteiger partial charge in [-0.1, -0.05) is 47.7 Å². The minimum Gasteiger partial charge on any atom is -0.324 e. The summed E-state index contributed by atoms with van der Waals surface area (Å²) in [6.07, 6.45) is 6.56. The van der Waals surface area contributed by atoms with E-state index in [4.69, 9.17) is 0 Å². The number of benzene rings is 3. The SMILES string of the molecule is Cc1ccc(NC(=O)c2cn(CCNS(=O)(=O)c3cccc4ccccc34)nn2)cc1Nc1nccc(-c2cccnc2)n1. The van der Waals surface area contributed by atoms with Gasteiger partial charge in [-0.05, 0) is 54.3 Å². The van der Waals surface area contributed by atoms with Crippen molar-refractivity contribution in [3.05, 3.63) is 115 Å². The van der Waals surface area contributed by atoms with Crippen molar-refractivity contribution in [1.82, 2.24) is 34.7 Å². The van der Waals surface area contributed by atoms with Gasteiger partial charge < -0.3 is 10.6 Å². The van der Waals surface area contributed by atoms with E-state index in [9.17, 15) is 13.2 Å². The van der Waals surface area contributed by atoms with Crippen molar-refractivity contribution in [2.45, 2.75) is 18.4 Å². The summed E-state index contributed by atoms with van der Waals surface area (Å²) in [4.78, 5) is 26.2. The van der Waals surface area contributed by atoms with Gasteiger partial charge in [-0.2, -0.15) is 0 Å². The lowest BCUT2D eigenvalue weighted by atomic mass is 10.1. The first-order chi connectivity index (χ1) is 21.4. The summed E-state index contributed by atoms with van der Waals surface area (Å²) in [7, 11) is -3.76. The highest BCUT2D eigenvalue weighted by Crippen LogP contribution is 2.25. The third-order valence-corrected chi connectivity index (χ3v) is 8.32. The lowest BCUT2D eigenvalue weighted by Crippen LogP contribution is -2.27. The van der Waals surface area contributed by atoms with E-state index in [0.29, 0.717) is 22.7 Å². The number of hydrogen-bond acceptors (Lipinski definition) is 9. The molecule has 6 rings (SSSR count). The number of carbonyl (C=O) groups excluding carboxylic acids is 1. The maximum Gasteiger partial charge on any atom is 0.277 e. The van der Waals surface area contributed by atoms with Crippen molar-refractivity contribution in [2.75, 3.05) is 17.2 Å². The van der Waals surface area contributed by atoms with Crippen LogP contribution in [0.15, 0.2) is 109 Å². The number of hydrogen-bond donors (Lipinski definition) is 3. The summed E-state index contributed by atoms with van der Waals surface area (Å²) in [6.45, 7) is 2.17. The maximum atomic E-state index is 13.0. The lowest BCUT2D eigenvalue weighted by molar-refractivity contribution is 0.102. The van der Waals surface area contributed by atoms with Crippen LogP contribution in [0.25, 0.3) is 22.0 Å². The number of anilines is 3. The zero-order valence-corrected chi connectivity index (χ0v) is 24.4. The van der Waals surface area contributed by atoms with E-state index in [1.54, 1.807) is 61.1 Å². The van der Waals surface area contributed by atoms with Crippen LogP contribution in [0.3, 0.4) is 0 Å². The molecular weight excluding hydrogens is 578 g/mol. The number of amides is 1. The van der Waals surface area contributed by atoms with E-state index < -0.39 is 15.9 Å². The number of aryl methyl sites for hydroxylation is 1. The molecule has 0 bridgehead atoms. The third-order valence-electron chi connectivity index (χ3n) is 6.80. The van der Waals surface area contributed by atoms with E-state index in [2.05, 4.69) is 40.6 Å². The van der Waals surface area contributed by atoms with Gasteiger partial charge in [0.1, 0.15) is 0 Å². The Kier molecular flexibility index (Phi) is 8.04. The molecule has 0 saturated carbocycles. The topological polar surface area (TPSA) is 157 Å². The second kappa shape index (κ2) is 12.4. The van der Waals surface area contributed by atoms with Gasteiger partial charge in [0.15, 0.2) is 5.69 Å². The summed E-state index contributed by atoms with van der Waals surface area (Å²) in [5, 5.41) is 15.5. The fourth-order valence-corrected chi connectivity index (χ4v) is 5.81. The van der Waals surface area contributed by atoms with Gasteiger partial charge in [0.05, 0.1) is 23.3 Å². The molecule has 0 saturated heterocycles. The minimum absolute atomic E-state index is 0.0625. The first-order valence-electron chi connectivity index (χ1n) is 13.7. The highest BCUT2D eigenvalue weighted by Gasteiger charge is 2.17. The second-order valence-corrected chi connectivity index (χ2v) is 11.6. The maximum absolute atomic E-state index is 13.0. The predicted molar refractivity (Wildman–Crippen MR) is 167 cm³/mol. The predicted octanol–water partition coefficient (Wildman–Crippen LogP) is 4.57.